The highest BCUT2D eigenvalue weighted by Gasteiger charge is 2.25. The molecule has 3 nitrogen and oxygen atoms in total. The van der Waals surface area contributed by atoms with Crippen LogP contribution in [0.1, 0.15) is 6.42 Å². The van der Waals surface area contributed by atoms with Gasteiger partial charge >= 0.3 is 0 Å². The van der Waals surface area contributed by atoms with E-state index in [1.54, 1.807) is 0 Å². The number of benzene rings is 1. The molecular formula is C11H14ClNO2. The van der Waals surface area contributed by atoms with Gasteiger partial charge in [-0.1, -0.05) is 17.7 Å². The van der Waals surface area contributed by atoms with Crippen molar-refractivity contribution in [1.82, 2.24) is 0 Å². The molecule has 0 spiro atoms. The standard InChI is InChI=1S/C11H14ClNO2/c12-8-2-1-3-9(4-8)13-6-10(14)5-11-7-15-11/h1-4,10-11,13-14H,5-7H2. The molecule has 1 saturated heterocycles. The molecule has 82 valence electrons. The molecule has 1 aliphatic rings. The van der Waals surface area contributed by atoms with E-state index in [-0.39, 0.29) is 12.2 Å². The molecule has 4 heteroatoms. The van der Waals surface area contributed by atoms with Crippen molar-refractivity contribution < 1.29 is 9.84 Å². The fourth-order valence-corrected chi connectivity index (χ4v) is 1.62. The second-order valence-electron chi connectivity index (χ2n) is 3.74. The van der Waals surface area contributed by atoms with Crippen molar-refractivity contribution in [3.8, 4) is 0 Å². The average Bonchev–Trinajstić information content (AvgIpc) is 2.99. The summed E-state index contributed by atoms with van der Waals surface area (Å²) in [7, 11) is 0. The number of nitrogens with one attached hydrogen (secondary N) is 1. The Bertz CT molecular complexity index is 328. The number of epoxide rings is 1. The van der Waals surface area contributed by atoms with Gasteiger partial charge in [-0.05, 0) is 18.2 Å². The van der Waals surface area contributed by atoms with E-state index in [1.807, 2.05) is 24.3 Å². The van der Waals surface area contributed by atoms with Crippen molar-refractivity contribution in [2.75, 3.05) is 18.5 Å². The average molecular weight is 228 g/mol. The first kappa shape index (κ1) is 10.7. The highest BCUT2D eigenvalue weighted by molar-refractivity contribution is 6.30. The Labute approximate surface area is 94.0 Å². The summed E-state index contributed by atoms with van der Waals surface area (Å²) in [5.41, 5.74) is 0.929. The van der Waals surface area contributed by atoms with Crippen molar-refractivity contribution in [2.24, 2.45) is 0 Å². The van der Waals surface area contributed by atoms with E-state index in [9.17, 15) is 5.11 Å². The van der Waals surface area contributed by atoms with E-state index in [0.717, 1.165) is 12.3 Å². The Morgan fingerprint density at radius 3 is 3.07 bits per heavy atom. The van der Waals surface area contributed by atoms with Gasteiger partial charge in [0.2, 0.25) is 0 Å². The lowest BCUT2D eigenvalue weighted by Gasteiger charge is -2.11. The predicted molar refractivity (Wildman–Crippen MR) is 60.3 cm³/mol. The fourth-order valence-electron chi connectivity index (χ4n) is 1.43. The number of halogens is 1. The molecule has 1 heterocycles. The minimum Gasteiger partial charge on any atom is -0.391 e. The van der Waals surface area contributed by atoms with E-state index < -0.39 is 0 Å². The van der Waals surface area contributed by atoms with Crippen LogP contribution in [0.25, 0.3) is 0 Å². The van der Waals surface area contributed by atoms with E-state index >= 15 is 0 Å². The van der Waals surface area contributed by atoms with Gasteiger partial charge in [-0.25, -0.2) is 0 Å². The summed E-state index contributed by atoms with van der Waals surface area (Å²) >= 11 is 5.83. The molecule has 2 unspecified atom stereocenters. The lowest BCUT2D eigenvalue weighted by Crippen LogP contribution is -2.21. The van der Waals surface area contributed by atoms with Crippen LogP contribution in [0.4, 0.5) is 5.69 Å². The molecule has 0 saturated carbocycles. The normalized spacial score (nSPS) is 21.1. The number of hydrogen-bond acceptors (Lipinski definition) is 3. The van der Waals surface area contributed by atoms with Gasteiger partial charge in [0.15, 0.2) is 0 Å². The summed E-state index contributed by atoms with van der Waals surface area (Å²) < 4.78 is 5.04. The van der Waals surface area contributed by atoms with Crippen molar-refractivity contribution in [3.63, 3.8) is 0 Å². The maximum Gasteiger partial charge on any atom is 0.0835 e. The van der Waals surface area contributed by atoms with Crippen LogP contribution in [0, 0.1) is 0 Å². The smallest absolute Gasteiger partial charge is 0.0835 e. The third-order valence-corrected chi connectivity index (χ3v) is 2.54. The van der Waals surface area contributed by atoms with E-state index in [2.05, 4.69) is 5.32 Å². The highest BCUT2D eigenvalue weighted by atomic mass is 35.5. The largest absolute Gasteiger partial charge is 0.391 e. The third kappa shape index (κ3) is 3.70. The van der Waals surface area contributed by atoms with Crippen LogP contribution >= 0.6 is 11.6 Å². The first-order valence-corrected chi connectivity index (χ1v) is 5.41. The van der Waals surface area contributed by atoms with Gasteiger partial charge in [0.25, 0.3) is 0 Å². The van der Waals surface area contributed by atoms with Gasteiger partial charge in [0.1, 0.15) is 0 Å². The summed E-state index contributed by atoms with van der Waals surface area (Å²) in [4.78, 5) is 0. The summed E-state index contributed by atoms with van der Waals surface area (Å²) in [5, 5.41) is 13.4. The Morgan fingerprint density at radius 1 is 1.60 bits per heavy atom. The van der Waals surface area contributed by atoms with Gasteiger partial charge in [0, 0.05) is 23.7 Å². The molecule has 2 atom stereocenters. The van der Waals surface area contributed by atoms with Crippen molar-refractivity contribution in [1.29, 1.82) is 0 Å². The second-order valence-corrected chi connectivity index (χ2v) is 4.17. The van der Waals surface area contributed by atoms with Crippen molar-refractivity contribution in [3.05, 3.63) is 29.3 Å². The van der Waals surface area contributed by atoms with Crippen molar-refractivity contribution >= 4 is 17.3 Å². The topological polar surface area (TPSA) is 44.8 Å². The van der Waals surface area contributed by atoms with Gasteiger partial charge in [-0.2, -0.15) is 0 Å². The quantitative estimate of drug-likeness (QED) is 0.756. The molecule has 0 radical (unpaired) electrons. The number of aliphatic hydroxyl groups is 1. The van der Waals surface area contributed by atoms with Crippen LogP contribution in [0.3, 0.4) is 0 Å². The Hall–Kier alpha value is -0.770. The second kappa shape index (κ2) is 4.84. The molecule has 0 bridgehead atoms. The third-order valence-electron chi connectivity index (χ3n) is 2.30. The first-order chi connectivity index (χ1) is 7.24. The molecule has 0 aromatic heterocycles. The molecule has 2 N–H and O–H groups in total. The Balaban J connectivity index is 1.76. The molecule has 1 aromatic carbocycles. The zero-order valence-corrected chi connectivity index (χ0v) is 9.07. The highest BCUT2D eigenvalue weighted by Crippen LogP contribution is 2.17. The van der Waals surface area contributed by atoms with E-state index in [4.69, 9.17) is 16.3 Å². The summed E-state index contributed by atoms with van der Waals surface area (Å²) in [6.45, 7) is 1.31. The predicted octanol–water partition coefficient (Wildman–Crippen LogP) is 1.90. The van der Waals surface area contributed by atoms with Crippen LogP contribution in [-0.4, -0.2) is 30.5 Å². The van der Waals surface area contributed by atoms with E-state index in [0.29, 0.717) is 18.0 Å². The molecule has 15 heavy (non-hydrogen) atoms. The van der Waals surface area contributed by atoms with Crippen molar-refractivity contribution in [2.45, 2.75) is 18.6 Å². The molecule has 1 aromatic rings. The minimum atomic E-state index is -0.364. The van der Waals surface area contributed by atoms with Gasteiger partial charge < -0.3 is 15.2 Å². The lowest BCUT2D eigenvalue weighted by atomic mass is 10.2. The van der Waals surface area contributed by atoms with Crippen LogP contribution < -0.4 is 5.32 Å². The maximum absolute atomic E-state index is 9.61. The summed E-state index contributed by atoms with van der Waals surface area (Å²) in [5.74, 6) is 0. The number of anilines is 1. The molecule has 0 amide bonds. The molecular weight excluding hydrogens is 214 g/mol. The van der Waals surface area contributed by atoms with Crippen LogP contribution in [0.15, 0.2) is 24.3 Å². The maximum atomic E-state index is 9.61. The van der Waals surface area contributed by atoms with Gasteiger partial charge in [-0.15, -0.1) is 0 Å². The number of hydrogen-bond donors (Lipinski definition) is 2. The fraction of sp³-hybridized carbons (Fsp3) is 0.455. The van der Waals surface area contributed by atoms with Crippen LogP contribution in [0.2, 0.25) is 5.02 Å². The number of rotatable bonds is 5. The first-order valence-electron chi connectivity index (χ1n) is 5.03. The summed E-state index contributed by atoms with van der Waals surface area (Å²) in [6.07, 6.45) is 0.603. The van der Waals surface area contributed by atoms with Crippen LogP contribution in [-0.2, 0) is 4.74 Å². The lowest BCUT2D eigenvalue weighted by molar-refractivity contribution is 0.164. The number of aliphatic hydroxyl groups excluding tert-OH is 1. The Morgan fingerprint density at radius 2 is 2.40 bits per heavy atom. The van der Waals surface area contributed by atoms with Gasteiger partial charge in [0.05, 0.1) is 18.8 Å². The Kier molecular flexibility index (Phi) is 3.46. The molecule has 0 aliphatic carbocycles. The molecule has 1 fully saturated rings. The molecule has 2 rings (SSSR count). The minimum absolute atomic E-state index is 0.265. The number of ether oxygens (including phenoxy) is 1. The van der Waals surface area contributed by atoms with E-state index in [1.165, 1.54) is 0 Å². The zero-order chi connectivity index (χ0) is 10.7. The van der Waals surface area contributed by atoms with Crippen LogP contribution in [0.5, 0.6) is 0 Å². The molecule has 1 aliphatic heterocycles. The SMILES string of the molecule is OC(CNc1cccc(Cl)c1)CC1CO1. The zero-order valence-electron chi connectivity index (χ0n) is 8.32. The van der Waals surface area contributed by atoms with Gasteiger partial charge in [-0.3, -0.25) is 0 Å². The monoisotopic (exact) mass is 227 g/mol. The summed E-state index contributed by atoms with van der Waals surface area (Å²) in [6, 6.07) is 7.45.